The van der Waals surface area contributed by atoms with Gasteiger partial charge in [-0.3, -0.25) is 5.41 Å². The number of amidine groups is 1. The van der Waals surface area contributed by atoms with Gasteiger partial charge in [0.25, 0.3) is 0 Å². The third-order valence-electron chi connectivity index (χ3n) is 3.52. The average Bonchev–Trinajstić information content (AvgIpc) is 2.32. The molecule has 1 fully saturated rings. The maximum absolute atomic E-state index is 9.93. The number of nitrogen functional groups attached to an aromatic ring is 1. The first-order valence-corrected chi connectivity index (χ1v) is 6.85. The first kappa shape index (κ1) is 13.4. The van der Waals surface area contributed by atoms with Crippen LogP contribution < -0.4 is 10.6 Å². The smallest absolute Gasteiger partial charge is 0.122 e. The number of nitrogens with zero attached hydrogens (tertiary/aromatic N) is 1. The Morgan fingerprint density at radius 1 is 1.56 bits per heavy atom. The van der Waals surface area contributed by atoms with Gasteiger partial charge in [0.1, 0.15) is 5.84 Å². The number of β-amino-alcohol motifs (C(OH)–C–C–N with tert-alkyl or cyclic N) is 1. The largest absolute Gasteiger partial charge is 0.391 e. The summed E-state index contributed by atoms with van der Waals surface area (Å²) in [6, 6.07) is 5.64. The van der Waals surface area contributed by atoms with E-state index in [0.717, 1.165) is 23.1 Å². The number of nitrogens with one attached hydrogen (secondary N) is 1. The third-order valence-corrected chi connectivity index (χ3v) is 4.15. The molecular weight excluding hydrogens is 294 g/mol. The second-order valence-corrected chi connectivity index (χ2v) is 5.71. The molecule has 2 rings (SSSR count). The molecule has 1 aromatic rings. The molecule has 1 aromatic carbocycles. The molecule has 1 aliphatic heterocycles. The molecule has 18 heavy (non-hydrogen) atoms. The Balaban J connectivity index is 2.21. The zero-order valence-corrected chi connectivity index (χ0v) is 11.9. The van der Waals surface area contributed by atoms with Crippen molar-refractivity contribution in [3.8, 4) is 0 Å². The summed E-state index contributed by atoms with van der Waals surface area (Å²) >= 11 is 3.51. The highest BCUT2D eigenvalue weighted by Crippen LogP contribution is 2.30. The maximum Gasteiger partial charge on any atom is 0.122 e. The molecule has 0 saturated carbocycles. The summed E-state index contributed by atoms with van der Waals surface area (Å²) in [4.78, 5) is 2.17. The van der Waals surface area contributed by atoms with Gasteiger partial charge in [-0.25, -0.2) is 0 Å². The predicted octanol–water partition coefficient (Wildman–Crippen LogP) is 1.94. The number of rotatable bonds is 2. The highest BCUT2D eigenvalue weighted by Gasteiger charge is 2.25. The lowest BCUT2D eigenvalue weighted by atomic mass is 9.95. The second kappa shape index (κ2) is 5.28. The lowest BCUT2D eigenvalue weighted by Crippen LogP contribution is -2.43. The number of aliphatic hydroxyl groups is 1. The quantitative estimate of drug-likeness (QED) is 0.577. The van der Waals surface area contributed by atoms with E-state index in [1.165, 1.54) is 0 Å². The first-order chi connectivity index (χ1) is 8.49. The van der Waals surface area contributed by atoms with Crippen LogP contribution in [-0.4, -0.2) is 30.1 Å². The summed E-state index contributed by atoms with van der Waals surface area (Å²) in [7, 11) is 0. The van der Waals surface area contributed by atoms with Crippen molar-refractivity contribution in [2.45, 2.75) is 19.4 Å². The zero-order valence-electron chi connectivity index (χ0n) is 10.4. The molecule has 0 spiro atoms. The first-order valence-electron chi connectivity index (χ1n) is 6.06. The molecule has 1 heterocycles. The molecule has 0 radical (unpaired) electrons. The Hall–Kier alpha value is -1.07. The van der Waals surface area contributed by atoms with Crippen molar-refractivity contribution in [2.24, 2.45) is 11.7 Å². The van der Waals surface area contributed by atoms with E-state index in [1.807, 2.05) is 18.2 Å². The highest BCUT2D eigenvalue weighted by molar-refractivity contribution is 9.10. The molecule has 0 aromatic heterocycles. The molecule has 4 N–H and O–H groups in total. The molecule has 0 bridgehead atoms. The standard InChI is InChI=1S/C13H18BrN3O/c1-8-4-5-17(7-12(8)18)11-3-2-9(13(15)16)6-10(11)14/h2-3,6,8,12,18H,4-5,7H2,1H3,(H3,15,16). The molecule has 2 atom stereocenters. The van der Waals surface area contributed by atoms with Crippen LogP contribution in [0.4, 0.5) is 5.69 Å². The van der Waals surface area contributed by atoms with Gasteiger partial charge in [-0.1, -0.05) is 6.92 Å². The lowest BCUT2D eigenvalue weighted by molar-refractivity contribution is 0.103. The van der Waals surface area contributed by atoms with E-state index in [1.54, 1.807) is 0 Å². The van der Waals surface area contributed by atoms with Gasteiger partial charge in [-0.15, -0.1) is 0 Å². The van der Waals surface area contributed by atoms with E-state index in [2.05, 4.69) is 27.8 Å². The van der Waals surface area contributed by atoms with Gasteiger partial charge in [0.15, 0.2) is 0 Å². The van der Waals surface area contributed by atoms with Crippen molar-refractivity contribution in [3.05, 3.63) is 28.2 Å². The van der Waals surface area contributed by atoms with E-state index >= 15 is 0 Å². The van der Waals surface area contributed by atoms with Gasteiger partial charge in [-0.2, -0.15) is 0 Å². The molecule has 1 saturated heterocycles. The minimum atomic E-state index is -0.280. The van der Waals surface area contributed by atoms with E-state index in [-0.39, 0.29) is 11.9 Å². The number of nitrogens with two attached hydrogens (primary N) is 1. The zero-order chi connectivity index (χ0) is 13.3. The van der Waals surface area contributed by atoms with Crippen molar-refractivity contribution in [1.29, 1.82) is 5.41 Å². The molecule has 1 aliphatic rings. The van der Waals surface area contributed by atoms with Gasteiger partial charge in [-0.05, 0) is 46.5 Å². The number of hydrogen-bond donors (Lipinski definition) is 3. The Bertz CT molecular complexity index is 464. The van der Waals surface area contributed by atoms with Gasteiger partial charge in [0, 0.05) is 23.1 Å². The summed E-state index contributed by atoms with van der Waals surface area (Å²) in [5.41, 5.74) is 7.21. The van der Waals surface area contributed by atoms with Crippen LogP contribution in [0, 0.1) is 11.3 Å². The Morgan fingerprint density at radius 3 is 2.83 bits per heavy atom. The Morgan fingerprint density at radius 2 is 2.28 bits per heavy atom. The molecule has 0 aliphatic carbocycles. The highest BCUT2D eigenvalue weighted by atomic mass is 79.9. The number of anilines is 1. The number of benzene rings is 1. The Kier molecular flexibility index (Phi) is 3.92. The monoisotopic (exact) mass is 311 g/mol. The van der Waals surface area contributed by atoms with Crippen molar-refractivity contribution >= 4 is 27.5 Å². The number of halogens is 1. The van der Waals surface area contributed by atoms with Gasteiger partial charge < -0.3 is 15.7 Å². The van der Waals surface area contributed by atoms with Crippen LogP contribution in [-0.2, 0) is 0 Å². The van der Waals surface area contributed by atoms with Gasteiger partial charge in [0.2, 0.25) is 0 Å². The average molecular weight is 312 g/mol. The SMILES string of the molecule is CC1CCN(c2ccc(C(=N)N)cc2Br)CC1O. The van der Waals surface area contributed by atoms with Crippen molar-refractivity contribution in [1.82, 2.24) is 0 Å². The van der Waals surface area contributed by atoms with Crippen LogP contribution in [0.1, 0.15) is 18.9 Å². The fourth-order valence-electron chi connectivity index (χ4n) is 2.20. The number of piperidine rings is 1. The molecule has 2 unspecified atom stereocenters. The van der Waals surface area contributed by atoms with Crippen LogP contribution in [0.25, 0.3) is 0 Å². The van der Waals surface area contributed by atoms with Gasteiger partial charge >= 0.3 is 0 Å². The minimum Gasteiger partial charge on any atom is -0.391 e. The summed E-state index contributed by atoms with van der Waals surface area (Å²) in [5, 5.41) is 17.3. The van der Waals surface area contributed by atoms with Crippen LogP contribution in [0.3, 0.4) is 0 Å². The van der Waals surface area contributed by atoms with Crippen LogP contribution >= 0.6 is 15.9 Å². The summed E-state index contributed by atoms with van der Waals surface area (Å²) < 4.78 is 0.914. The topological polar surface area (TPSA) is 73.3 Å². The van der Waals surface area contributed by atoms with Crippen LogP contribution in [0.2, 0.25) is 0 Å². The van der Waals surface area contributed by atoms with E-state index in [4.69, 9.17) is 11.1 Å². The fourth-order valence-corrected chi connectivity index (χ4v) is 2.83. The van der Waals surface area contributed by atoms with Crippen LogP contribution in [0.15, 0.2) is 22.7 Å². The van der Waals surface area contributed by atoms with Crippen molar-refractivity contribution in [3.63, 3.8) is 0 Å². The van der Waals surface area contributed by atoms with Crippen LogP contribution in [0.5, 0.6) is 0 Å². The lowest BCUT2D eigenvalue weighted by Gasteiger charge is -2.36. The number of hydrogen-bond acceptors (Lipinski definition) is 3. The minimum absolute atomic E-state index is 0.0644. The predicted molar refractivity (Wildman–Crippen MR) is 77.2 cm³/mol. The van der Waals surface area contributed by atoms with E-state index in [9.17, 15) is 5.11 Å². The van der Waals surface area contributed by atoms with Crippen molar-refractivity contribution < 1.29 is 5.11 Å². The molecule has 98 valence electrons. The summed E-state index contributed by atoms with van der Waals surface area (Å²) in [6.45, 7) is 3.67. The summed E-state index contributed by atoms with van der Waals surface area (Å²) in [6.07, 6.45) is 0.709. The normalized spacial score (nSPS) is 24.1. The molecular formula is C13H18BrN3O. The maximum atomic E-state index is 9.93. The van der Waals surface area contributed by atoms with E-state index in [0.29, 0.717) is 18.0 Å². The summed E-state index contributed by atoms with van der Waals surface area (Å²) in [5.74, 6) is 0.422. The molecule has 0 amide bonds. The molecule has 4 nitrogen and oxygen atoms in total. The second-order valence-electron chi connectivity index (χ2n) is 4.86. The Labute approximate surface area is 115 Å². The van der Waals surface area contributed by atoms with E-state index < -0.39 is 0 Å². The third kappa shape index (κ3) is 2.67. The number of aliphatic hydroxyl groups excluding tert-OH is 1. The van der Waals surface area contributed by atoms with Gasteiger partial charge in [0.05, 0.1) is 11.8 Å². The van der Waals surface area contributed by atoms with Crippen molar-refractivity contribution in [2.75, 3.05) is 18.0 Å². The molecule has 5 heteroatoms. The fraction of sp³-hybridized carbons (Fsp3) is 0.462.